The zero-order chi connectivity index (χ0) is 11.6. The lowest BCUT2D eigenvalue weighted by Gasteiger charge is -2.30. The van der Waals surface area contributed by atoms with Gasteiger partial charge in [-0.15, -0.1) is 0 Å². The van der Waals surface area contributed by atoms with Gasteiger partial charge in [-0.05, 0) is 26.0 Å². The van der Waals surface area contributed by atoms with Crippen LogP contribution in [0.3, 0.4) is 0 Å². The van der Waals surface area contributed by atoms with Crippen LogP contribution in [0, 0.1) is 0 Å². The van der Waals surface area contributed by atoms with Gasteiger partial charge in [-0.3, -0.25) is 0 Å². The Kier molecular flexibility index (Phi) is 2.73. The SMILES string of the molecule is CC(C)(Oc1ccccc1)C1CNC(=O)O1. The van der Waals surface area contributed by atoms with E-state index < -0.39 is 5.60 Å². The number of carbonyl (C=O) groups excluding carboxylic acids is 1. The van der Waals surface area contributed by atoms with Gasteiger partial charge in [0.1, 0.15) is 11.4 Å². The Balaban J connectivity index is 2.05. The summed E-state index contributed by atoms with van der Waals surface area (Å²) in [6, 6.07) is 9.50. The number of amides is 1. The van der Waals surface area contributed by atoms with Gasteiger partial charge in [-0.1, -0.05) is 18.2 Å². The predicted molar refractivity (Wildman–Crippen MR) is 59.4 cm³/mol. The van der Waals surface area contributed by atoms with Gasteiger partial charge in [0.25, 0.3) is 0 Å². The van der Waals surface area contributed by atoms with Gasteiger partial charge in [0, 0.05) is 0 Å². The molecule has 0 bridgehead atoms. The summed E-state index contributed by atoms with van der Waals surface area (Å²) in [6.07, 6.45) is -0.644. The van der Waals surface area contributed by atoms with E-state index in [-0.39, 0.29) is 12.2 Å². The quantitative estimate of drug-likeness (QED) is 0.848. The summed E-state index contributed by atoms with van der Waals surface area (Å²) in [6.45, 7) is 4.30. The molecule has 1 atom stereocenters. The number of nitrogens with one attached hydrogen (secondary N) is 1. The number of benzene rings is 1. The van der Waals surface area contributed by atoms with Crippen LogP contribution in [-0.2, 0) is 4.74 Å². The third kappa shape index (κ3) is 2.27. The molecule has 1 unspecified atom stereocenters. The minimum absolute atomic E-state index is 0.264. The molecule has 4 nitrogen and oxygen atoms in total. The number of para-hydroxylation sites is 1. The maximum absolute atomic E-state index is 11.0. The number of hydrogen-bond donors (Lipinski definition) is 1. The lowest BCUT2D eigenvalue weighted by Crippen LogP contribution is -2.44. The fourth-order valence-electron chi connectivity index (χ4n) is 1.63. The van der Waals surface area contributed by atoms with E-state index >= 15 is 0 Å². The Morgan fingerprint density at radius 1 is 1.38 bits per heavy atom. The summed E-state index contributed by atoms with van der Waals surface area (Å²) in [5.74, 6) is 0.774. The third-order valence-corrected chi connectivity index (χ3v) is 2.58. The van der Waals surface area contributed by atoms with Gasteiger partial charge in [-0.2, -0.15) is 0 Å². The summed E-state index contributed by atoms with van der Waals surface area (Å²) >= 11 is 0. The van der Waals surface area contributed by atoms with Crippen LogP contribution in [-0.4, -0.2) is 24.3 Å². The normalized spacial score (nSPS) is 20.1. The van der Waals surface area contributed by atoms with Crippen molar-refractivity contribution in [1.82, 2.24) is 5.32 Å². The molecule has 1 aromatic carbocycles. The van der Waals surface area contributed by atoms with Crippen molar-refractivity contribution in [1.29, 1.82) is 0 Å². The summed E-state index contributed by atoms with van der Waals surface area (Å²) in [7, 11) is 0. The van der Waals surface area contributed by atoms with Gasteiger partial charge in [0.2, 0.25) is 0 Å². The molecule has 1 fully saturated rings. The van der Waals surface area contributed by atoms with Crippen molar-refractivity contribution >= 4 is 6.09 Å². The van der Waals surface area contributed by atoms with Gasteiger partial charge >= 0.3 is 6.09 Å². The van der Waals surface area contributed by atoms with Gasteiger partial charge in [0.15, 0.2) is 6.10 Å². The molecule has 0 radical (unpaired) electrons. The second kappa shape index (κ2) is 4.04. The summed E-state index contributed by atoms with van der Waals surface area (Å²) in [5, 5.41) is 2.62. The number of hydrogen-bond acceptors (Lipinski definition) is 3. The second-order valence-corrected chi connectivity index (χ2v) is 4.29. The highest BCUT2D eigenvalue weighted by atomic mass is 16.6. The molecule has 4 heteroatoms. The Morgan fingerprint density at radius 3 is 2.62 bits per heavy atom. The minimum atomic E-state index is -0.541. The fraction of sp³-hybridized carbons (Fsp3) is 0.417. The van der Waals surface area contributed by atoms with Crippen LogP contribution in [0.15, 0.2) is 30.3 Å². The van der Waals surface area contributed by atoms with Crippen LogP contribution < -0.4 is 10.1 Å². The molecule has 0 aliphatic carbocycles. The molecule has 1 N–H and O–H groups in total. The first-order chi connectivity index (χ1) is 7.58. The molecule has 1 aliphatic rings. The van der Waals surface area contributed by atoms with Crippen molar-refractivity contribution in [2.45, 2.75) is 25.6 Å². The molecule has 0 aromatic heterocycles. The van der Waals surface area contributed by atoms with Crippen LogP contribution in [0.5, 0.6) is 5.75 Å². The predicted octanol–water partition coefficient (Wildman–Crippen LogP) is 1.95. The van der Waals surface area contributed by atoms with E-state index in [1.807, 2.05) is 44.2 Å². The van der Waals surface area contributed by atoms with Gasteiger partial charge < -0.3 is 14.8 Å². The highest BCUT2D eigenvalue weighted by Crippen LogP contribution is 2.24. The average Bonchev–Trinajstić information content (AvgIpc) is 2.66. The van der Waals surface area contributed by atoms with Crippen molar-refractivity contribution in [2.75, 3.05) is 6.54 Å². The molecule has 1 aromatic rings. The van der Waals surface area contributed by atoms with Crippen LogP contribution in [0.1, 0.15) is 13.8 Å². The maximum atomic E-state index is 11.0. The van der Waals surface area contributed by atoms with E-state index in [1.165, 1.54) is 0 Å². The molecule has 16 heavy (non-hydrogen) atoms. The van der Waals surface area contributed by atoms with Crippen molar-refractivity contribution in [2.24, 2.45) is 0 Å². The standard InChI is InChI=1S/C12H15NO3/c1-12(2,10-8-13-11(14)15-10)16-9-6-4-3-5-7-9/h3-7,10H,8H2,1-2H3,(H,13,14). The Bertz CT molecular complexity index is 375. The molecule has 1 saturated heterocycles. The highest BCUT2D eigenvalue weighted by molar-refractivity contribution is 5.69. The average molecular weight is 221 g/mol. The Labute approximate surface area is 94.6 Å². The van der Waals surface area contributed by atoms with Crippen molar-refractivity contribution in [3.8, 4) is 5.75 Å². The van der Waals surface area contributed by atoms with Crippen LogP contribution in [0.2, 0.25) is 0 Å². The number of carbonyl (C=O) groups is 1. The van der Waals surface area contributed by atoms with E-state index in [0.29, 0.717) is 6.54 Å². The largest absolute Gasteiger partial charge is 0.484 e. The number of ether oxygens (including phenoxy) is 2. The fourth-order valence-corrected chi connectivity index (χ4v) is 1.63. The third-order valence-electron chi connectivity index (χ3n) is 2.58. The molecule has 0 spiro atoms. The van der Waals surface area contributed by atoms with Crippen LogP contribution in [0.25, 0.3) is 0 Å². The monoisotopic (exact) mass is 221 g/mol. The summed E-state index contributed by atoms with van der Waals surface area (Å²) in [4.78, 5) is 11.0. The number of rotatable bonds is 3. The van der Waals surface area contributed by atoms with E-state index in [1.54, 1.807) is 0 Å². The first-order valence-electron chi connectivity index (χ1n) is 5.26. The highest BCUT2D eigenvalue weighted by Gasteiger charge is 2.38. The van der Waals surface area contributed by atoms with Crippen molar-refractivity contribution in [3.05, 3.63) is 30.3 Å². The van der Waals surface area contributed by atoms with Crippen molar-refractivity contribution < 1.29 is 14.3 Å². The smallest absolute Gasteiger partial charge is 0.407 e. The van der Waals surface area contributed by atoms with E-state index in [0.717, 1.165) is 5.75 Å². The molecule has 86 valence electrons. The van der Waals surface area contributed by atoms with Gasteiger partial charge in [0.05, 0.1) is 6.54 Å². The maximum Gasteiger partial charge on any atom is 0.407 e. The summed E-state index contributed by atoms with van der Waals surface area (Å²) in [5.41, 5.74) is -0.541. The molecular formula is C12H15NO3. The molecule has 1 amide bonds. The minimum Gasteiger partial charge on any atom is -0.484 e. The molecule has 0 saturated carbocycles. The first-order valence-corrected chi connectivity index (χ1v) is 5.26. The van der Waals surface area contributed by atoms with E-state index in [4.69, 9.17) is 9.47 Å². The molecule has 1 heterocycles. The lowest BCUT2D eigenvalue weighted by molar-refractivity contribution is -0.0128. The Hall–Kier alpha value is -1.71. The molecule has 1 aliphatic heterocycles. The van der Waals surface area contributed by atoms with Gasteiger partial charge in [-0.25, -0.2) is 4.79 Å². The zero-order valence-electron chi connectivity index (χ0n) is 9.40. The Morgan fingerprint density at radius 2 is 2.06 bits per heavy atom. The zero-order valence-corrected chi connectivity index (χ0v) is 9.40. The molecular weight excluding hydrogens is 206 g/mol. The van der Waals surface area contributed by atoms with E-state index in [2.05, 4.69) is 5.32 Å². The first kappa shape index (κ1) is 10.8. The van der Waals surface area contributed by atoms with Crippen LogP contribution in [0.4, 0.5) is 4.79 Å². The number of cyclic esters (lactones) is 1. The van der Waals surface area contributed by atoms with E-state index in [9.17, 15) is 4.79 Å². The summed E-state index contributed by atoms with van der Waals surface area (Å²) < 4.78 is 10.9. The molecule has 2 rings (SSSR count). The lowest BCUT2D eigenvalue weighted by atomic mass is 10.0. The number of alkyl carbamates (subject to hydrolysis) is 1. The topological polar surface area (TPSA) is 47.6 Å². The van der Waals surface area contributed by atoms with Crippen LogP contribution >= 0.6 is 0 Å². The second-order valence-electron chi connectivity index (χ2n) is 4.29. The van der Waals surface area contributed by atoms with Crippen molar-refractivity contribution in [3.63, 3.8) is 0 Å².